The standard InChI is InChI=1S/C21H30N4O2S/c26-21(25-12-3-1-2-4-13-25)17-9-14-24(15-10-17)11-5-8-19-22-20(23-27-19)18-7-6-16-28-18/h6-7,16-17H,1-5,8-15H2. The molecule has 0 N–H and O–H groups in total. The highest BCUT2D eigenvalue weighted by Gasteiger charge is 2.28. The second kappa shape index (κ2) is 9.65. The van der Waals surface area contributed by atoms with Crippen LogP contribution in [0, 0.1) is 5.92 Å². The van der Waals surface area contributed by atoms with E-state index in [-0.39, 0.29) is 5.92 Å². The summed E-state index contributed by atoms with van der Waals surface area (Å²) in [4.78, 5) is 22.9. The summed E-state index contributed by atoms with van der Waals surface area (Å²) >= 11 is 1.63. The van der Waals surface area contributed by atoms with E-state index in [0.29, 0.717) is 11.7 Å². The fourth-order valence-electron chi connectivity index (χ4n) is 4.27. The molecule has 6 nitrogen and oxygen atoms in total. The Kier molecular flexibility index (Phi) is 6.75. The van der Waals surface area contributed by atoms with Gasteiger partial charge in [0, 0.05) is 25.4 Å². The molecule has 2 aromatic heterocycles. The molecule has 0 aromatic carbocycles. The minimum absolute atomic E-state index is 0.235. The fourth-order valence-corrected chi connectivity index (χ4v) is 4.92. The Hall–Kier alpha value is -1.73. The van der Waals surface area contributed by atoms with Crippen LogP contribution in [0.1, 0.15) is 50.8 Å². The number of rotatable bonds is 6. The lowest BCUT2D eigenvalue weighted by Crippen LogP contribution is -2.43. The molecule has 2 aliphatic heterocycles. The van der Waals surface area contributed by atoms with Crippen LogP contribution in [-0.2, 0) is 11.2 Å². The molecule has 2 aliphatic rings. The summed E-state index contributed by atoms with van der Waals surface area (Å²) in [5, 5.41) is 6.09. The maximum Gasteiger partial charge on any atom is 0.227 e. The van der Waals surface area contributed by atoms with E-state index in [2.05, 4.69) is 19.9 Å². The van der Waals surface area contributed by atoms with Gasteiger partial charge in [0.15, 0.2) is 0 Å². The molecule has 0 unspecified atom stereocenters. The summed E-state index contributed by atoms with van der Waals surface area (Å²) in [7, 11) is 0. The molecule has 0 radical (unpaired) electrons. The first-order valence-electron chi connectivity index (χ1n) is 10.7. The highest BCUT2D eigenvalue weighted by molar-refractivity contribution is 7.13. The normalized spacial score (nSPS) is 19.6. The van der Waals surface area contributed by atoms with E-state index in [1.165, 1.54) is 25.7 Å². The minimum atomic E-state index is 0.235. The fraction of sp³-hybridized carbons (Fsp3) is 0.667. The van der Waals surface area contributed by atoms with Crippen LogP contribution in [0.5, 0.6) is 0 Å². The summed E-state index contributed by atoms with van der Waals surface area (Å²) in [5.74, 6) is 2.06. The molecule has 7 heteroatoms. The molecule has 0 saturated carbocycles. The molecule has 2 saturated heterocycles. The molecule has 0 aliphatic carbocycles. The van der Waals surface area contributed by atoms with E-state index in [4.69, 9.17) is 4.52 Å². The number of piperidine rings is 1. The van der Waals surface area contributed by atoms with Crippen molar-refractivity contribution in [2.75, 3.05) is 32.7 Å². The van der Waals surface area contributed by atoms with Crippen molar-refractivity contribution in [3.8, 4) is 10.7 Å². The Bertz CT molecular complexity index is 729. The first-order valence-corrected chi connectivity index (χ1v) is 11.5. The number of aryl methyl sites for hydroxylation is 1. The van der Waals surface area contributed by atoms with Crippen molar-refractivity contribution >= 4 is 17.2 Å². The molecule has 4 heterocycles. The van der Waals surface area contributed by atoms with Gasteiger partial charge in [-0.1, -0.05) is 24.1 Å². The predicted octanol–water partition coefficient (Wildman–Crippen LogP) is 3.85. The summed E-state index contributed by atoms with van der Waals surface area (Å²) in [6.07, 6.45) is 8.72. The van der Waals surface area contributed by atoms with Crippen molar-refractivity contribution in [3.05, 3.63) is 23.4 Å². The van der Waals surface area contributed by atoms with E-state index < -0.39 is 0 Å². The van der Waals surface area contributed by atoms with Crippen LogP contribution < -0.4 is 0 Å². The smallest absolute Gasteiger partial charge is 0.227 e. The summed E-state index contributed by atoms with van der Waals surface area (Å²) in [5.41, 5.74) is 0. The zero-order valence-electron chi connectivity index (χ0n) is 16.5. The van der Waals surface area contributed by atoms with Crippen LogP contribution in [0.15, 0.2) is 22.0 Å². The van der Waals surface area contributed by atoms with Gasteiger partial charge in [0.2, 0.25) is 17.6 Å². The van der Waals surface area contributed by atoms with Gasteiger partial charge in [-0.25, -0.2) is 0 Å². The molecule has 28 heavy (non-hydrogen) atoms. The van der Waals surface area contributed by atoms with Crippen molar-refractivity contribution < 1.29 is 9.32 Å². The topological polar surface area (TPSA) is 62.5 Å². The van der Waals surface area contributed by atoms with Gasteiger partial charge in [0.25, 0.3) is 0 Å². The molecule has 0 bridgehead atoms. The predicted molar refractivity (Wildman–Crippen MR) is 110 cm³/mol. The molecule has 2 aromatic rings. The maximum atomic E-state index is 12.8. The largest absolute Gasteiger partial charge is 0.342 e. The van der Waals surface area contributed by atoms with Gasteiger partial charge in [-0.3, -0.25) is 4.79 Å². The van der Waals surface area contributed by atoms with E-state index in [1.54, 1.807) is 11.3 Å². The van der Waals surface area contributed by atoms with Crippen LogP contribution in [0.25, 0.3) is 10.7 Å². The number of nitrogens with zero attached hydrogens (tertiary/aromatic N) is 4. The lowest BCUT2D eigenvalue weighted by molar-refractivity contribution is -0.137. The highest BCUT2D eigenvalue weighted by Crippen LogP contribution is 2.23. The van der Waals surface area contributed by atoms with E-state index in [1.807, 2.05) is 17.5 Å². The zero-order chi connectivity index (χ0) is 19.2. The van der Waals surface area contributed by atoms with E-state index in [9.17, 15) is 4.79 Å². The molecular formula is C21H30N4O2S. The quantitative estimate of drug-likeness (QED) is 0.734. The van der Waals surface area contributed by atoms with Crippen molar-refractivity contribution in [2.45, 2.75) is 51.4 Å². The van der Waals surface area contributed by atoms with Crippen LogP contribution in [0.3, 0.4) is 0 Å². The number of hydrogen-bond acceptors (Lipinski definition) is 6. The van der Waals surface area contributed by atoms with Crippen molar-refractivity contribution in [1.29, 1.82) is 0 Å². The van der Waals surface area contributed by atoms with Gasteiger partial charge >= 0.3 is 0 Å². The zero-order valence-corrected chi connectivity index (χ0v) is 17.3. The minimum Gasteiger partial charge on any atom is -0.342 e. The molecule has 0 spiro atoms. The van der Waals surface area contributed by atoms with Gasteiger partial charge in [0.1, 0.15) is 0 Å². The van der Waals surface area contributed by atoms with Crippen LogP contribution in [0.2, 0.25) is 0 Å². The van der Waals surface area contributed by atoms with E-state index >= 15 is 0 Å². The number of amides is 1. The Morgan fingerprint density at radius 1 is 1.14 bits per heavy atom. The van der Waals surface area contributed by atoms with Gasteiger partial charge in [-0.05, 0) is 63.2 Å². The van der Waals surface area contributed by atoms with Gasteiger partial charge < -0.3 is 14.3 Å². The van der Waals surface area contributed by atoms with Crippen molar-refractivity contribution in [2.24, 2.45) is 5.92 Å². The first-order chi connectivity index (χ1) is 13.8. The molecule has 2 fully saturated rings. The average Bonchev–Trinajstić information content (AvgIpc) is 3.34. The number of hydrogen-bond donors (Lipinski definition) is 0. The van der Waals surface area contributed by atoms with Gasteiger partial charge in [-0.2, -0.15) is 4.98 Å². The third kappa shape index (κ3) is 5.00. The molecular weight excluding hydrogens is 372 g/mol. The van der Waals surface area contributed by atoms with Crippen LogP contribution >= 0.6 is 11.3 Å². The third-order valence-electron chi connectivity index (χ3n) is 5.93. The monoisotopic (exact) mass is 402 g/mol. The Morgan fingerprint density at radius 2 is 1.93 bits per heavy atom. The molecule has 0 atom stereocenters. The maximum absolute atomic E-state index is 12.8. The number of aromatic nitrogens is 2. The highest BCUT2D eigenvalue weighted by atomic mass is 32.1. The summed E-state index contributed by atoms with van der Waals surface area (Å²) < 4.78 is 5.38. The molecule has 1 amide bonds. The number of likely N-dealkylation sites (tertiary alicyclic amines) is 2. The lowest BCUT2D eigenvalue weighted by atomic mass is 9.95. The number of carbonyl (C=O) groups is 1. The van der Waals surface area contributed by atoms with E-state index in [0.717, 1.165) is 69.2 Å². The molecule has 4 rings (SSSR count). The Morgan fingerprint density at radius 3 is 2.64 bits per heavy atom. The summed E-state index contributed by atoms with van der Waals surface area (Å²) in [6.45, 7) is 5.01. The molecule has 152 valence electrons. The number of carbonyl (C=O) groups excluding carboxylic acids is 1. The van der Waals surface area contributed by atoms with Crippen LogP contribution in [-0.4, -0.2) is 58.6 Å². The first kappa shape index (κ1) is 19.6. The average molecular weight is 403 g/mol. The van der Waals surface area contributed by atoms with Gasteiger partial charge in [-0.15, -0.1) is 11.3 Å². The van der Waals surface area contributed by atoms with Crippen molar-refractivity contribution in [1.82, 2.24) is 19.9 Å². The SMILES string of the molecule is O=C(C1CCN(CCCc2nc(-c3cccs3)no2)CC1)N1CCCCCC1. The Labute approximate surface area is 170 Å². The second-order valence-electron chi connectivity index (χ2n) is 7.95. The Balaban J connectivity index is 1.17. The lowest BCUT2D eigenvalue weighted by Gasteiger charge is -2.34. The van der Waals surface area contributed by atoms with Crippen LogP contribution in [0.4, 0.5) is 0 Å². The second-order valence-corrected chi connectivity index (χ2v) is 8.90. The van der Waals surface area contributed by atoms with Crippen molar-refractivity contribution in [3.63, 3.8) is 0 Å². The summed E-state index contributed by atoms with van der Waals surface area (Å²) in [6, 6.07) is 4.01. The van der Waals surface area contributed by atoms with Gasteiger partial charge in [0.05, 0.1) is 4.88 Å². The third-order valence-corrected chi connectivity index (χ3v) is 6.79. The number of thiophene rings is 1.